The van der Waals surface area contributed by atoms with Gasteiger partial charge in [0.05, 0.1) is 11.3 Å². The maximum absolute atomic E-state index is 14.2. The molecule has 1 N–H and O–H groups in total. The molecule has 0 atom stereocenters. The lowest BCUT2D eigenvalue weighted by Crippen LogP contribution is -2.18. The number of halogens is 2. The molecule has 0 aliphatic carbocycles. The largest absolute Gasteiger partial charge is 0.355 e. The predicted molar refractivity (Wildman–Crippen MR) is 78.7 cm³/mol. The van der Waals surface area contributed by atoms with Gasteiger partial charge in [0, 0.05) is 25.0 Å². The van der Waals surface area contributed by atoms with Gasteiger partial charge < -0.3 is 9.72 Å². The van der Waals surface area contributed by atoms with E-state index in [0.717, 1.165) is 17.7 Å². The number of fused-ring (bicyclic) bond motifs is 1. The van der Waals surface area contributed by atoms with Crippen molar-refractivity contribution in [3.63, 3.8) is 0 Å². The van der Waals surface area contributed by atoms with E-state index in [0.29, 0.717) is 5.65 Å². The van der Waals surface area contributed by atoms with Crippen molar-refractivity contribution in [2.45, 2.75) is 6.92 Å². The fourth-order valence-corrected chi connectivity index (χ4v) is 2.30. The van der Waals surface area contributed by atoms with Crippen molar-refractivity contribution in [1.82, 2.24) is 14.7 Å². The van der Waals surface area contributed by atoms with Crippen molar-refractivity contribution < 1.29 is 13.6 Å². The number of rotatable bonds is 2. The molecule has 0 bridgehead atoms. The molecule has 0 saturated carbocycles. The van der Waals surface area contributed by atoms with E-state index < -0.39 is 17.5 Å². The summed E-state index contributed by atoms with van der Waals surface area (Å²) in [6, 6.07) is 5.71. The van der Waals surface area contributed by atoms with Crippen LogP contribution in [0.2, 0.25) is 0 Å². The number of nitrogens with one attached hydrogen (secondary N) is 1. The fourth-order valence-electron chi connectivity index (χ4n) is 2.30. The van der Waals surface area contributed by atoms with Crippen LogP contribution in [0.4, 0.5) is 8.78 Å². The van der Waals surface area contributed by atoms with Crippen LogP contribution in [-0.4, -0.2) is 22.3 Å². The Hall–Kier alpha value is -2.76. The Morgan fingerprint density at radius 1 is 1.23 bits per heavy atom. The van der Waals surface area contributed by atoms with E-state index in [1.54, 1.807) is 16.8 Å². The zero-order valence-electron chi connectivity index (χ0n) is 12.0. The lowest BCUT2D eigenvalue weighted by molar-refractivity contribution is 0.0962. The van der Waals surface area contributed by atoms with Crippen LogP contribution in [0.3, 0.4) is 0 Å². The SMILES string of the molecule is CNC(=O)c1cc(F)c(-c2cn3ccc(C)cc3n2)c(F)c1. The minimum Gasteiger partial charge on any atom is -0.355 e. The quantitative estimate of drug-likeness (QED) is 0.791. The molecule has 6 heteroatoms. The van der Waals surface area contributed by atoms with Gasteiger partial charge in [-0.25, -0.2) is 13.8 Å². The molecular weight excluding hydrogens is 288 g/mol. The maximum Gasteiger partial charge on any atom is 0.251 e. The molecule has 4 nitrogen and oxygen atoms in total. The van der Waals surface area contributed by atoms with Gasteiger partial charge in [0.1, 0.15) is 17.3 Å². The number of carbonyl (C=O) groups excluding carboxylic acids is 1. The summed E-state index contributed by atoms with van der Waals surface area (Å²) in [5.41, 5.74) is 1.48. The molecule has 0 fully saturated rings. The van der Waals surface area contributed by atoms with Crippen molar-refractivity contribution in [2.24, 2.45) is 0 Å². The summed E-state index contributed by atoms with van der Waals surface area (Å²) in [7, 11) is 1.40. The highest BCUT2D eigenvalue weighted by Gasteiger charge is 2.18. The molecule has 112 valence electrons. The molecule has 0 aliphatic heterocycles. The third-order valence-corrected chi connectivity index (χ3v) is 3.40. The van der Waals surface area contributed by atoms with Crippen LogP contribution >= 0.6 is 0 Å². The number of benzene rings is 1. The first-order chi connectivity index (χ1) is 10.5. The van der Waals surface area contributed by atoms with E-state index in [2.05, 4.69) is 10.3 Å². The molecule has 0 aliphatic rings. The summed E-state index contributed by atoms with van der Waals surface area (Å²) in [6.45, 7) is 1.91. The molecule has 3 rings (SSSR count). The number of hydrogen-bond donors (Lipinski definition) is 1. The smallest absolute Gasteiger partial charge is 0.251 e. The summed E-state index contributed by atoms with van der Waals surface area (Å²) in [5, 5.41) is 2.33. The van der Waals surface area contributed by atoms with Crippen molar-refractivity contribution >= 4 is 11.6 Å². The summed E-state index contributed by atoms with van der Waals surface area (Å²) in [5.74, 6) is -2.19. The van der Waals surface area contributed by atoms with E-state index >= 15 is 0 Å². The third-order valence-electron chi connectivity index (χ3n) is 3.40. The summed E-state index contributed by atoms with van der Waals surface area (Å²) < 4.78 is 30.2. The zero-order valence-corrected chi connectivity index (χ0v) is 12.0. The van der Waals surface area contributed by atoms with Crippen LogP contribution in [0.25, 0.3) is 16.9 Å². The van der Waals surface area contributed by atoms with E-state index in [9.17, 15) is 13.6 Å². The van der Waals surface area contributed by atoms with Gasteiger partial charge in [-0.1, -0.05) is 0 Å². The van der Waals surface area contributed by atoms with Gasteiger partial charge in [0.25, 0.3) is 5.91 Å². The van der Waals surface area contributed by atoms with Gasteiger partial charge in [-0.3, -0.25) is 4.79 Å². The van der Waals surface area contributed by atoms with Crippen LogP contribution < -0.4 is 5.32 Å². The number of hydrogen-bond acceptors (Lipinski definition) is 2. The van der Waals surface area contributed by atoms with Crippen molar-refractivity contribution in [2.75, 3.05) is 7.05 Å². The number of aryl methyl sites for hydroxylation is 1. The Labute approximate surface area is 125 Å². The van der Waals surface area contributed by atoms with E-state index in [4.69, 9.17) is 0 Å². The average molecular weight is 301 g/mol. The number of aromatic nitrogens is 2. The van der Waals surface area contributed by atoms with Gasteiger partial charge in [-0.05, 0) is 36.8 Å². The van der Waals surface area contributed by atoms with Gasteiger partial charge in [0.15, 0.2) is 0 Å². The van der Waals surface area contributed by atoms with Crippen molar-refractivity contribution in [1.29, 1.82) is 0 Å². The second kappa shape index (κ2) is 5.22. The standard InChI is InChI=1S/C16H13F2N3O/c1-9-3-4-21-8-13(20-14(21)5-9)15-11(17)6-10(7-12(15)18)16(22)19-2/h3-8H,1-2H3,(H,19,22). The molecule has 1 aromatic carbocycles. The van der Waals surface area contributed by atoms with E-state index in [1.165, 1.54) is 7.05 Å². The molecule has 0 spiro atoms. The second-order valence-electron chi connectivity index (χ2n) is 4.99. The monoisotopic (exact) mass is 301 g/mol. The van der Waals surface area contributed by atoms with E-state index in [-0.39, 0.29) is 16.8 Å². The Kier molecular flexibility index (Phi) is 3.36. The van der Waals surface area contributed by atoms with Crippen LogP contribution in [0.1, 0.15) is 15.9 Å². The number of pyridine rings is 1. The van der Waals surface area contributed by atoms with Crippen molar-refractivity contribution in [3.05, 3.63) is 59.4 Å². The number of carbonyl (C=O) groups is 1. The van der Waals surface area contributed by atoms with Gasteiger partial charge in [-0.2, -0.15) is 0 Å². The summed E-state index contributed by atoms with van der Waals surface area (Å²) in [6.07, 6.45) is 3.33. The summed E-state index contributed by atoms with van der Waals surface area (Å²) >= 11 is 0. The first-order valence-corrected chi connectivity index (χ1v) is 6.66. The number of nitrogens with zero attached hydrogens (tertiary/aromatic N) is 2. The summed E-state index contributed by atoms with van der Waals surface area (Å²) in [4.78, 5) is 15.7. The van der Waals surface area contributed by atoms with Crippen LogP contribution in [0, 0.1) is 18.6 Å². The lowest BCUT2D eigenvalue weighted by atomic mass is 10.1. The Bertz CT molecular complexity index is 863. The van der Waals surface area contributed by atoms with Gasteiger partial charge in [0.2, 0.25) is 0 Å². The maximum atomic E-state index is 14.2. The molecule has 1 amide bonds. The molecule has 0 saturated heterocycles. The molecule has 2 heterocycles. The molecular formula is C16H13F2N3O. The van der Waals surface area contributed by atoms with E-state index in [1.807, 2.05) is 19.1 Å². The predicted octanol–water partition coefficient (Wildman–Crippen LogP) is 2.95. The van der Waals surface area contributed by atoms with Gasteiger partial charge in [-0.15, -0.1) is 0 Å². The Balaban J connectivity index is 2.15. The fraction of sp³-hybridized carbons (Fsp3) is 0.125. The highest BCUT2D eigenvalue weighted by atomic mass is 19.1. The minimum absolute atomic E-state index is 0.0686. The highest BCUT2D eigenvalue weighted by molar-refractivity contribution is 5.94. The van der Waals surface area contributed by atoms with Crippen molar-refractivity contribution in [3.8, 4) is 11.3 Å². The molecule has 2 aromatic heterocycles. The zero-order chi connectivity index (χ0) is 15.9. The Morgan fingerprint density at radius 2 is 1.91 bits per heavy atom. The third kappa shape index (κ3) is 2.32. The van der Waals surface area contributed by atoms with Crippen LogP contribution in [0.15, 0.2) is 36.7 Å². The second-order valence-corrected chi connectivity index (χ2v) is 4.99. The van der Waals surface area contributed by atoms with Gasteiger partial charge >= 0.3 is 0 Å². The molecule has 0 unspecified atom stereocenters. The van der Waals surface area contributed by atoms with Crippen LogP contribution in [0.5, 0.6) is 0 Å². The molecule has 3 aromatic rings. The average Bonchev–Trinajstić information content (AvgIpc) is 2.87. The topological polar surface area (TPSA) is 46.4 Å². The first-order valence-electron chi connectivity index (χ1n) is 6.66. The minimum atomic E-state index is -0.821. The normalized spacial score (nSPS) is 10.9. The Morgan fingerprint density at radius 3 is 2.55 bits per heavy atom. The molecule has 22 heavy (non-hydrogen) atoms. The van der Waals surface area contributed by atoms with Crippen LogP contribution in [-0.2, 0) is 0 Å². The first kappa shape index (κ1) is 14.2. The lowest BCUT2D eigenvalue weighted by Gasteiger charge is -2.05. The number of amides is 1. The highest BCUT2D eigenvalue weighted by Crippen LogP contribution is 2.27. The molecule has 0 radical (unpaired) electrons. The number of imidazole rings is 1.